The second kappa shape index (κ2) is 5.73. The Hall–Kier alpha value is -1.46. The number of hydrogen-bond donors (Lipinski definition) is 0. The predicted octanol–water partition coefficient (Wildman–Crippen LogP) is 4.41. The highest BCUT2D eigenvalue weighted by molar-refractivity contribution is 9.10. The lowest BCUT2D eigenvalue weighted by Gasteiger charge is -2.10. The molecule has 0 spiro atoms. The lowest BCUT2D eigenvalue weighted by atomic mass is 10.3. The van der Waals surface area contributed by atoms with Crippen molar-refractivity contribution >= 4 is 38.7 Å². The molecule has 0 atom stereocenters. The maximum Gasteiger partial charge on any atom is 0.164 e. The summed E-state index contributed by atoms with van der Waals surface area (Å²) in [5.41, 5.74) is 3.04. The molecule has 0 N–H and O–H groups in total. The molecule has 2 heterocycles. The molecule has 6 heteroatoms. The Morgan fingerprint density at radius 3 is 2.81 bits per heavy atom. The normalized spacial score (nSPS) is 11.2. The molecule has 0 unspecified atom stereocenters. The summed E-state index contributed by atoms with van der Waals surface area (Å²) in [4.78, 5) is 9.10. The highest BCUT2D eigenvalue weighted by Crippen LogP contribution is 2.27. The zero-order chi connectivity index (χ0) is 15.0. The van der Waals surface area contributed by atoms with Gasteiger partial charge in [-0.2, -0.15) is 0 Å². The van der Waals surface area contributed by atoms with E-state index in [0.717, 1.165) is 21.5 Å². The van der Waals surface area contributed by atoms with Crippen molar-refractivity contribution in [2.75, 3.05) is 5.88 Å². The number of benzene rings is 1. The first-order valence-corrected chi connectivity index (χ1v) is 7.79. The summed E-state index contributed by atoms with van der Waals surface area (Å²) in [6.45, 7) is 1.92. The van der Waals surface area contributed by atoms with Gasteiger partial charge in [-0.05, 0) is 53.2 Å². The number of imidazole rings is 1. The van der Waals surface area contributed by atoms with Crippen LogP contribution >= 0.6 is 27.5 Å². The van der Waals surface area contributed by atoms with Crippen molar-refractivity contribution in [3.8, 4) is 5.69 Å². The quantitative estimate of drug-likeness (QED) is 0.641. The van der Waals surface area contributed by atoms with E-state index in [0.29, 0.717) is 23.6 Å². The van der Waals surface area contributed by atoms with Crippen LogP contribution in [0, 0.1) is 12.7 Å². The van der Waals surface area contributed by atoms with Crippen molar-refractivity contribution < 1.29 is 4.39 Å². The minimum Gasteiger partial charge on any atom is -0.279 e. The monoisotopic (exact) mass is 367 g/mol. The standard InChI is InChI=1S/C15H12BrClFN3/c1-9-2-5-12-15(19-9)21(14(20-12)6-7-17)13-8-10(18)3-4-11(13)16/h2-5,8H,6-7H2,1H3. The maximum absolute atomic E-state index is 13.6. The van der Waals surface area contributed by atoms with Crippen LogP contribution in [0.25, 0.3) is 16.9 Å². The Labute approximate surface area is 134 Å². The van der Waals surface area contributed by atoms with Crippen molar-refractivity contribution in [1.29, 1.82) is 0 Å². The highest BCUT2D eigenvalue weighted by Gasteiger charge is 2.16. The van der Waals surface area contributed by atoms with Gasteiger partial charge in [0.05, 0.1) is 5.69 Å². The lowest BCUT2D eigenvalue weighted by Crippen LogP contribution is -2.04. The molecule has 0 saturated heterocycles. The first-order valence-electron chi connectivity index (χ1n) is 6.46. The Kier molecular flexibility index (Phi) is 3.95. The molecule has 2 aromatic heterocycles. The van der Waals surface area contributed by atoms with Crippen LogP contribution in [-0.2, 0) is 6.42 Å². The summed E-state index contributed by atoms with van der Waals surface area (Å²) in [6.07, 6.45) is 0.583. The van der Waals surface area contributed by atoms with Crippen molar-refractivity contribution in [2.24, 2.45) is 0 Å². The molecule has 0 aliphatic rings. The Bertz CT molecular complexity index is 816. The van der Waals surface area contributed by atoms with Gasteiger partial charge >= 0.3 is 0 Å². The van der Waals surface area contributed by atoms with Gasteiger partial charge < -0.3 is 0 Å². The molecular formula is C15H12BrClFN3. The topological polar surface area (TPSA) is 30.7 Å². The number of nitrogens with zero attached hydrogens (tertiary/aromatic N) is 3. The number of rotatable bonds is 3. The molecule has 1 aromatic carbocycles. The van der Waals surface area contributed by atoms with Crippen LogP contribution in [-0.4, -0.2) is 20.4 Å². The van der Waals surface area contributed by atoms with Crippen molar-refractivity contribution in [1.82, 2.24) is 14.5 Å². The molecule has 0 aliphatic carbocycles. The molecule has 0 fully saturated rings. The summed E-state index contributed by atoms with van der Waals surface area (Å²) < 4.78 is 16.3. The summed E-state index contributed by atoms with van der Waals surface area (Å²) in [6, 6.07) is 8.38. The van der Waals surface area contributed by atoms with Crippen LogP contribution in [0.4, 0.5) is 4.39 Å². The first kappa shape index (κ1) is 14.5. The Morgan fingerprint density at radius 2 is 2.05 bits per heavy atom. The van der Waals surface area contributed by atoms with Gasteiger partial charge in [0.25, 0.3) is 0 Å². The van der Waals surface area contributed by atoms with Gasteiger partial charge in [-0.3, -0.25) is 4.57 Å². The van der Waals surface area contributed by atoms with Gasteiger partial charge in [0.15, 0.2) is 5.65 Å². The van der Waals surface area contributed by atoms with Crippen molar-refractivity contribution in [2.45, 2.75) is 13.3 Å². The summed E-state index contributed by atoms with van der Waals surface area (Å²) in [5.74, 6) is 0.902. The Morgan fingerprint density at radius 1 is 1.24 bits per heavy atom. The first-order chi connectivity index (χ1) is 10.1. The Balaban J connectivity index is 2.35. The highest BCUT2D eigenvalue weighted by atomic mass is 79.9. The third-order valence-electron chi connectivity index (χ3n) is 3.18. The van der Waals surface area contributed by atoms with E-state index in [2.05, 4.69) is 25.9 Å². The van der Waals surface area contributed by atoms with Gasteiger partial charge in [0, 0.05) is 22.5 Å². The van der Waals surface area contributed by atoms with Crippen LogP contribution in [0.15, 0.2) is 34.8 Å². The van der Waals surface area contributed by atoms with E-state index in [1.165, 1.54) is 12.1 Å². The number of aryl methyl sites for hydroxylation is 2. The molecule has 3 rings (SSSR count). The molecule has 0 bridgehead atoms. The summed E-state index contributed by atoms with van der Waals surface area (Å²) >= 11 is 9.33. The maximum atomic E-state index is 13.6. The second-order valence-electron chi connectivity index (χ2n) is 4.69. The molecule has 0 amide bonds. The molecule has 3 aromatic rings. The van der Waals surface area contributed by atoms with E-state index in [-0.39, 0.29) is 5.82 Å². The second-order valence-corrected chi connectivity index (χ2v) is 5.93. The van der Waals surface area contributed by atoms with Crippen LogP contribution in [0.2, 0.25) is 0 Å². The van der Waals surface area contributed by atoms with Crippen LogP contribution < -0.4 is 0 Å². The average Bonchev–Trinajstić information content (AvgIpc) is 2.79. The van der Waals surface area contributed by atoms with Gasteiger partial charge in [-0.25, -0.2) is 14.4 Å². The molecule has 0 radical (unpaired) electrons. The van der Waals surface area contributed by atoms with Gasteiger partial charge in [-0.1, -0.05) is 0 Å². The van der Waals surface area contributed by atoms with Crippen molar-refractivity contribution in [3.05, 3.63) is 52.1 Å². The largest absolute Gasteiger partial charge is 0.279 e. The third kappa shape index (κ3) is 2.68. The number of hydrogen-bond acceptors (Lipinski definition) is 2. The van der Waals surface area contributed by atoms with Gasteiger partial charge in [0.1, 0.15) is 17.2 Å². The molecule has 0 aliphatic heterocycles. The fraction of sp³-hybridized carbons (Fsp3) is 0.200. The fourth-order valence-electron chi connectivity index (χ4n) is 2.26. The SMILES string of the molecule is Cc1ccc2nc(CCCl)n(-c3cc(F)ccc3Br)c2n1. The molecular weight excluding hydrogens is 357 g/mol. The third-order valence-corrected chi connectivity index (χ3v) is 4.04. The predicted molar refractivity (Wildman–Crippen MR) is 85.7 cm³/mol. The van der Waals surface area contributed by atoms with Crippen LogP contribution in [0.5, 0.6) is 0 Å². The van der Waals surface area contributed by atoms with Gasteiger partial charge in [0.2, 0.25) is 0 Å². The van der Waals surface area contributed by atoms with E-state index in [1.807, 2.05) is 23.6 Å². The minimum absolute atomic E-state index is 0.306. The van der Waals surface area contributed by atoms with Crippen molar-refractivity contribution in [3.63, 3.8) is 0 Å². The molecule has 0 saturated carbocycles. The van der Waals surface area contributed by atoms with E-state index >= 15 is 0 Å². The number of halogens is 3. The minimum atomic E-state index is -0.306. The zero-order valence-electron chi connectivity index (χ0n) is 11.3. The average molecular weight is 369 g/mol. The number of fused-ring (bicyclic) bond motifs is 1. The number of pyridine rings is 1. The van der Waals surface area contributed by atoms with E-state index in [4.69, 9.17) is 11.6 Å². The van der Waals surface area contributed by atoms with E-state index in [1.54, 1.807) is 6.07 Å². The van der Waals surface area contributed by atoms with Crippen LogP contribution in [0.3, 0.4) is 0 Å². The molecule has 21 heavy (non-hydrogen) atoms. The molecule has 3 nitrogen and oxygen atoms in total. The number of aromatic nitrogens is 3. The smallest absolute Gasteiger partial charge is 0.164 e. The van der Waals surface area contributed by atoms with E-state index in [9.17, 15) is 4.39 Å². The van der Waals surface area contributed by atoms with E-state index < -0.39 is 0 Å². The molecule has 108 valence electrons. The lowest BCUT2D eigenvalue weighted by molar-refractivity contribution is 0.626. The summed E-state index contributed by atoms with van der Waals surface area (Å²) in [7, 11) is 0. The van der Waals surface area contributed by atoms with Gasteiger partial charge in [-0.15, -0.1) is 11.6 Å². The summed E-state index contributed by atoms with van der Waals surface area (Å²) in [5, 5.41) is 0. The number of alkyl halides is 1. The fourth-order valence-corrected chi connectivity index (χ4v) is 2.85. The zero-order valence-corrected chi connectivity index (χ0v) is 13.6. The van der Waals surface area contributed by atoms with Crippen LogP contribution in [0.1, 0.15) is 11.5 Å².